The molecule has 4 N–H and O–H groups in total. The van der Waals surface area contributed by atoms with Crippen molar-refractivity contribution in [3.05, 3.63) is 78.1 Å². The highest BCUT2D eigenvalue weighted by molar-refractivity contribution is 5.98. The number of pyridine rings is 1. The zero-order valence-electron chi connectivity index (χ0n) is 20.0. The van der Waals surface area contributed by atoms with Crippen LogP contribution in [0.15, 0.2) is 65.7 Å². The van der Waals surface area contributed by atoms with E-state index < -0.39 is 42.4 Å². The highest BCUT2D eigenvalue weighted by atomic mass is 19.1. The van der Waals surface area contributed by atoms with Crippen molar-refractivity contribution in [2.24, 2.45) is 10.9 Å². The van der Waals surface area contributed by atoms with E-state index in [1.54, 1.807) is 12.1 Å². The van der Waals surface area contributed by atoms with Crippen LogP contribution in [-0.4, -0.2) is 51.0 Å². The number of aromatic hydroxyl groups is 1. The van der Waals surface area contributed by atoms with Gasteiger partial charge in [-0.2, -0.15) is 13.8 Å². The first kappa shape index (κ1) is 27.5. The molecule has 0 aliphatic rings. The van der Waals surface area contributed by atoms with Gasteiger partial charge in [-0.15, -0.1) is 0 Å². The van der Waals surface area contributed by atoms with Crippen molar-refractivity contribution in [1.82, 2.24) is 20.5 Å². The fourth-order valence-electron chi connectivity index (χ4n) is 2.98. The van der Waals surface area contributed by atoms with Gasteiger partial charge in [-0.1, -0.05) is 19.1 Å². The normalized spacial score (nSPS) is 11.6. The minimum Gasteiger partial charge on any atom is -0.508 e. The van der Waals surface area contributed by atoms with Gasteiger partial charge in [-0.05, 0) is 42.0 Å². The lowest BCUT2D eigenvalue weighted by atomic mass is 10.2. The highest BCUT2D eigenvalue weighted by Gasteiger charge is 2.25. The standard InChI is InChI=1S/C25H23F2N5O6/c1-15(23(34)35)13-32(24(36)28-12-16-2-6-18(33)7-3-16)25(37)30-14-29-17-4-8-19(9-5-17)38-20-10-21(26)31-22(27)11-20/h2-11,14-15,33H,12-13H2,1H3,(H,28,36)(H,34,35)(H,29,30,37)/t15-/m0/s1. The van der Waals surface area contributed by atoms with E-state index in [0.717, 1.165) is 18.5 Å². The van der Waals surface area contributed by atoms with Crippen molar-refractivity contribution in [2.45, 2.75) is 13.5 Å². The Kier molecular flexibility index (Phi) is 9.24. The second kappa shape index (κ2) is 12.8. The van der Waals surface area contributed by atoms with Crippen LogP contribution in [0, 0.1) is 17.8 Å². The maximum Gasteiger partial charge on any atom is 0.330 e. The largest absolute Gasteiger partial charge is 0.508 e. The number of carbonyl (C=O) groups excluding carboxylic acids is 2. The number of carboxylic acid groups (broad SMARTS) is 1. The second-order valence-electron chi connectivity index (χ2n) is 7.93. The van der Waals surface area contributed by atoms with Crippen molar-refractivity contribution >= 4 is 30.1 Å². The SMILES string of the molecule is C[C@@H](CN(C(=O)NC=Nc1ccc(Oc2cc(F)nc(F)c2)cc1)C(=O)NCc1ccc(O)cc1)C(=O)O. The van der Waals surface area contributed by atoms with E-state index in [1.807, 2.05) is 0 Å². The van der Waals surface area contributed by atoms with Gasteiger partial charge < -0.3 is 20.3 Å². The number of aliphatic carboxylic acids is 1. The smallest absolute Gasteiger partial charge is 0.330 e. The number of halogens is 2. The highest BCUT2D eigenvalue weighted by Crippen LogP contribution is 2.24. The van der Waals surface area contributed by atoms with E-state index in [-0.39, 0.29) is 23.8 Å². The maximum atomic E-state index is 13.2. The Bertz CT molecular complexity index is 1300. The number of amides is 4. The molecule has 0 fully saturated rings. The van der Waals surface area contributed by atoms with Gasteiger partial charge in [-0.25, -0.2) is 19.5 Å². The van der Waals surface area contributed by atoms with E-state index in [0.29, 0.717) is 16.2 Å². The molecule has 0 unspecified atom stereocenters. The van der Waals surface area contributed by atoms with Gasteiger partial charge >= 0.3 is 18.0 Å². The number of phenols is 1. The monoisotopic (exact) mass is 527 g/mol. The third kappa shape index (κ3) is 8.26. The lowest BCUT2D eigenvalue weighted by molar-refractivity contribution is -0.141. The minimum atomic E-state index is -1.19. The minimum absolute atomic E-state index is 0.0334. The summed E-state index contributed by atoms with van der Waals surface area (Å²) < 4.78 is 31.8. The van der Waals surface area contributed by atoms with E-state index >= 15 is 0 Å². The quantitative estimate of drug-likeness (QED) is 0.185. The Labute approximate surface area is 215 Å². The molecule has 13 heteroatoms. The Balaban J connectivity index is 1.60. The number of carbonyl (C=O) groups is 3. The number of urea groups is 2. The zero-order chi connectivity index (χ0) is 27.7. The summed E-state index contributed by atoms with van der Waals surface area (Å²) in [6.07, 6.45) is 1.03. The summed E-state index contributed by atoms with van der Waals surface area (Å²) in [7, 11) is 0. The zero-order valence-corrected chi connectivity index (χ0v) is 20.0. The molecule has 198 valence electrons. The molecule has 0 aliphatic heterocycles. The molecule has 11 nitrogen and oxygen atoms in total. The van der Waals surface area contributed by atoms with Crippen LogP contribution in [-0.2, 0) is 11.3 Å². The first-order chi connectivity index (χ1) is 18.1. The molecule has 0 saturated carbocycles. The number of hydrogen-bond acceptors (Lipinski definition) is 7. The van der Waals surface area contributed by atoms with E-state index in [1.165, 1.54) is 43.3 Å². The first-order valence-corrected chi connectivity index (χ1v) is 11.1. The molecule has 1 heterocycles. The number of benzene rings is 2. The molecule has 2 aromatic carbocycles. The molecule has 38 heavy (non-hydrogen) atoms. The average Bonchev–Trinajstić information content (AvgIpc) is 2.87. The summed E-state index contributed by atoms with van der Waals surface area (Å²) in [5, 5.41) is 23.4. The fourth-order valence-corrected chi connectivity index (χ4v) is 2.98. The number of nitrogens with one attached hydrogen (secondary N) is 2. The summed E-state index contributed by atoms with van der Waals surface area (Å²) in [6, 6.07) is 12.1. The van der Waals surface area contributed by atoms with Gasteiger partial charge in [0.1, 0.15) is 17.2 Å². The Hall–Kier alpha value is -5.07. The molecule has 1 atom stereocenters. The Morgan fingerprint density at radius 2 is 1.66 bits per heavy atom. The van der Waals surface area contributed by atoms with Gasteiger partial charge in [0.15, 0.2) is 0 Å². The average molecular weight is 527 g/mol. The summed E-state index contributed by atoms with van der Waals surface area (Å²) in [5.41, 5.74) is 1.02. The predicted octanol–water partition coefficient (Wildman–Crippen LogP) is 4.16. The predicted molar refractivity (Wildman–Crippen MR) is 131 cm³/mol. The molecule has 1 aromatic heterocycles. The van der Waals surface area contributed by atoms with Crippen molar-refractivity contribution in [3.63, 3.8) is 0 Å². The van der Waals surface area contributed by atoms with Crippen molar-refractivity contribution in [2.75, 3.05) is 6.54 Å². The molecule has 3 aromatic rings. The summed E-state index contributed by atoms with van der Waals surface area (Å²) in [6.45, 7) is 0.979. The van der Waals surface area contributed by atoms with E-state index in [9.17, 15) is 33.4 Å². The van der Waals surface area contributed by atoms with Gasteiger partial charge in [0.05, 0.1) is 17.9 Å². The van der Waals surface area contributed by atoms with Gasteiger partial charge in [-0.3, -0.25) is 10.1 Å². The number of aromatic nitrogens is 1. The van der Waals surface area contributed by atoms with Crippen LogP contribution in [0.25, 0.3) is 0 Å². The van der Waals surface area contributed by atoms with Crippen LogP contribution in [0.1, 0.15) is 12.5 Å². The number of hydrogen-bond donors (Lipinski definition) is 4. The number of imide groups is 1. The molecule has 3 rings (SSSR count). The molecule has 0 aliphatic carbocycles. The molecular formula is C25H23F2N5O6. The number of ether oxygens (including phenoxy) is 1. The molecular weight excluding hydrogens is 504 g/mol. The van der Waals surface area contributed by atoms with Crippen LogP contribution in [0.2, 0.25) is 0 Å². The number of aliphatic imine (C=N–C) groups is 1. The third-order valence-corrected chi connectivity index (χ3v) is 4.96. The first-order valence-electron chi connectivity index (χ1n) is 11.1. The van der Waals surface area contributed by atoms with Crippen molar-refractivity contribution in [1.29, 1.82) is 0 Å². The lowest BCUT2D eigenvalue weighted by Gasteiger charge is -2.22. The molecule has 0 spiro atoms. The molecule has 0 saturated heterocycles. The van der Waals surface area contributed by atoms with Crippen LogP contribution in [0.4, 0.5) is 24.1 Å². The van der Waals surface area contributed by atoms with E-state index in [2.05, 4.69) is 20.6 Å². The summed E-state index contributed by atoms with van der Waals surface area (Å²) in [5.74, 6) is -4.06. The third-order valence-electron chi connectivity index (χ3n) is 4.96. The molecule has 0 bridgehead atoms. The topological polar surface area (TPSA) is 153 Å². The Morgan fingerprint density at radius 3 is 2.26 bits per heavy atom. The Morgan fingerprint density at radius 1 is 1.03 bits per heavy atom. The number of carboxylic acids is 1. The van der Waals surface area contributed by atoms with Crippen molar-refractivity contribution < 1.29 is 38.1 Å². The maximum absolute atomic E-state index is 13.2. The van der Waals surface area contributed by atoms with Gasteiger partial charge in [0.2, 0.25) is 11.9 Å². The van der Waals surface area contributed by atoms with Crippen molar-refractivity contribution in [3.8, 4) is 17.2 Å². The number of nitrogens with zero attached hydrogens (tertiary/aromatic N) is 3. The van der Waals surface area contributed by atoms with Crippen LogP contribution in [0.5, 0.6) is 17.2 Å². The summed E-state index contributed by atoms with van der Waals surface area (Å²) >= 11 is 0. The second-order valence-corrected chi connectivity index (χ2v) is 7.93. The van der Waals surface area contributed by atoms with Gasteiger partial charge in [0.25, 0.3) is 0 Å². The summed E-state index contributed by atoms with van der Waals surface area (Å²) in [4.78, 5) is 44.3. The lowest BCUT2D eigenvalue weighted by Crippen LogP contribution is -2.50. The van der Waals surface area contributed by atoms with Gasteiger partial charge in [0, 0.05) is 25.2 Å². The molecule has 4 amide bonds. The van der Waals surface area contributed by atoms with E-state index in [4.69, 9.17) is 4.74 Å². The number of rotatable bonds is 9. The van der Waals surface area contributed by atoms with Crippen LogP contribution >= 0.6 is 0 Å². The van der Waals surface area contributed by atoms with Crippen LogP contribution in [0.3, 0.4) is 0 Å². The number of phenolic OH excluding ortho intramolecular Hbond substituents is 1. The molecule has 0 radical (unpaired) electrons. The van der Waals surface area contributed by atoms with Crippen LogP contribution < -0.4 is 15.4 Å². The fraction of sp³-hybridized carbons (Fsp3) is 0.160.